The molecule has 2 nitrogen and oxygen atoms in total. The molecule has 1 heterocycles. The van der Waals surface area contributed by atoms with Crippen LogP contribution in [0.15, 0.2) is 67.3 Å². The van der Waals surface area contributed by atoms with E-state index in [9.17, 15) is 25.2 Å². The summed E-state index contributed by atoms with van der Waals surface area (Å²) in [6.07, 6.45) is 10.1. The van der Waals surface area contributed by atoms with E-state index in [1.54, 1.807) is 0 Å². The van der Waals surface area contributed by atoms with Gasteiger partial charge in [-0.25, -0.2) is 9.13 Å². The predicted octanol–water partition coefficient (Wildman–Crippen LogP) is 7.85. The summed E-state index contributed by atoms with van der Waals surface area (Å²) >= 11 is 0. The Hall–Kier alpha value is -2.34. The van der Waals surface area contributed by atoms with E-state index >= 15 is 0 Å². The molecule has 0 saturated carbocycles. The molecule has 2 aromatic carbocycles. The molecule has 1 aliphatic rings. The van der Waals surface area contributed by atoms with E-state index in [-0.39, 0.29) is 5.41 Å². The van der Waals surface area contributed by atoms with Crippen molar-refractivity contribution >= 4 is 7.81 Å². The van der Waals surface area contributed by atoms with Crippen molar-refractivity contribution in [3.63, 3.8) is 0 Å². The summed E-state index contributed by atoms with van der Waals surface area (Å²) < 4.78 is 63.6. The monoisotopic (exact) mass is 462 g/mol. The molecular weight excluding hydrogens is 437 g/mol. The zero-order valence-corrected chi connectivity index (χ0v) is 18.2. The number of unbranched alkanes of at least 4 members (excludes halogenated alkanes) is 1. The maximum absolute atomic E-state index is 10.7. The third-order valence-electron chi connectivity index (χ3n) is 5.50. The Kier molecular flexibility index (Phi) is 5.54. The Balaban J connectivity index is 0.000000339. The zero-order chi connectivity index (χ0) is 23.0. The molecule has 0 aliphatic heterocycles. The first-order chi connectivity index (χ1) is 14.1. The number of hydrogen-bond donors (Lipinski definition) is 0. The molecule has 1 aliphatic carbocycles. The van der Waals surface area contributed by atoms with Crippen LogP contribution in [0.1, 0.15) is 37.3 Å². The van der Waals surface area contributed by atoms with Gasteiger partial charge in [-0.05, 0) is 41.5 Å². The standard InChI is InChI=1S/C22H25N2.F6P/c1-22(13-7-8-14-24-16-15-23(2)17-24)20-11-5-3-9-18(20)19-10-4-6-12-21(19)22;1-7(2,3,4,5)6/h3-6,9-12,15-17H,7-8,13-14H2,1-2H3;/q+1;-1. The molecule has 0 bridgehead atoms. The first-order valence-electron chi connectivity index (χ1n) is 9.90. The van der Waals surface area contributed by atoms with Crippen LogP contribution in [-0.4, -0.2) is 4.57 Å². The van der Waals surface area contributed by atoms with Crippen LogP contribution in [0.25, 0.3) is 11.1 Å². The number of imidazole rings is 1. The van der Waals surface area contributed by atoms with Crippen molar-refractivity contribution in [1.29, 1.82) is 0 Å². The van der Waals surface area contributed by atoms with Crippen molar-refractivity contribution in [3.05, 3.63) is 78.4 Å². The summed E-state index contributed by atoms with van der Waals surface area (Å²) in [6.45, 7) is 3.52. The van der Waals surface area contributed by atoms with Gasteiger partial charge in [0, 0.05) is 5.41 Å². The molecule has 170 valence electrons. The summed E-state index contributed by atoms with van der Waals surface area (Å²) in [5.74, 6) is 0. The molecule has 0 atom stereocenters. The number of hydrogen-bond acceptors (Lipinski definition) is 0. The van der Waals surface area contributed by atoms with E-state index in [0.717, 1.165) is 6.54 Å². The van der Waals surface area contributed by atoms with Gasteiger partial charge in [0.1, 0.15) is 12.4 Å². The van der Waals surface area contributed by atoms with Crippen molar-refractivity contribution in [3.8, 4) is 11.1 Å². The van der Waals surface area contributed by atoms with Crippen LogP contribution in [0.3, 0.4) is 0 Å². The molecule has 4 rings (SSSR count). The van der Waals surface area contributed by atoms with Crippen molar-refractivity contribution in [1.82, 2.24) is 4.57 Å². The Morgan fingerprint density at radius 2 is 1.32 bits per heavy atom. The van der Waals surface area contributed by atoms with E-state index < -0.39 is 7.81 Å². The molecule has 0 spiro atoms. The number of halogens is 6. The fourth-order valence-electron chi connectivity index (χ4n) is 4.22. The van der Waals surface area contributed by atoms with Crippen molar-refractivity contribution in [2.75, 3.05) is 0 Å². The van der Waals surface area contributed by atoms with E-state index in [4.69, 9.17) is 0 Å². The van der Waals surface area contributed by atoms with Crippen LogP contribution in [0.5, 0.6) is 0 Å². The molecule has 0 fully saturated rings. The molecule has 0 N–H and O–H groups in total. The Morgan fingerprint density at radius 3 is 1.77 bits per heavy atom. The second kappa shape index (κ2) is 7.37. The Labute approximate surface area is 177 Å². The minimum absolute atomic E-state index is 0.147. The summed E-state index contributed by atoms with van der Waals surface area (Å²) in [7, 11) is -8.58. The summed E-state index contributed by atoms with van der Waals surface area (Å²) in [5, 5.41) is 0. The molecular formula is C22H25F6N2P. The second-order valence-electron chi connectivity index (χ2n) is 8.16. The van der Waals surface area contributed by atoms with Gasteiger partial charge in [0.15, 0.2) is 0 Å². The van der Waals surface area contributed by atoms with E-state index in [1.165, 1.54) is 41.5 Å². The summed E-state index contributed by atoms with van der Waals surface area (Å²) in [5.41, 5.74) is 5.99. The number of benzene rings is 2. The van der Waals surface area contributed by atoms with Gasteiger partial charge in [-0.3, -0.25) is 0 Å². The molecule has 31 heavy (non-hydrogen) atoms. The fourth-order valence-corrected chi connectivity index (χ4v) is 4.22. The van der Waals surface area contributed by atoms with E-state index in [0.29, 0.717) is 0 Å². The number of aromatic nitrogens is 2. The predicted molar refractivity (Wildman–Crippen MR) is 111 cm³/mol. The van der Waals surface area contributed by atoms with Gasteiger partial charge >= 0.3 is 33.0 Å². The Bertz CT molecular complexity index is 1020. The molecule has 0 saturated heterocycles. The molecule has 0 radical (unpaired) electrons. The summed E-state index contributed by atoms with van der Waals surface area (Å²) in [6, 6.07) is 17.9. The fraction of sp³-hybridized carbons (Fsp3) is 0.318. The van der Waals surface area contributed by atoms with Crippen LogP contribution in [0.4, 0.5) is 25.2 Å². The van der Waals surface area contributed by atoms with Gasteiger partial charge < -0.3 is 0 Å². The van der Waals surface area contributed by atoms with Gasteiger partial charge in [0.2, 0.25) is 6.33 Å². The quantitative estimate of drug-likeness (QED) is 0.158. The minimum atomic E-state index is -10.7. The van der Waals surface area contributed by atoms with Gasteiger partial charge in [-0.15, -0.1) is 0 Å². The van der Waals surface area contributed by atoms with E-state index in [1.807, 2.05) is 0 Å². The molecule has 0 amide bonds. The average molecular weight is 462 g/mol. The average Bonchev–Trinajstić information content (AvgIpc) is 3.17. The van der Waals surface area contributed by atoms with E-state index in [2.05, 4.69) is 90.4 Å². The third-order valence-corrected chi connectivity index (χ3v) is 5.50. The molecule has 1 aromatic heterocycles. The zero-order valence-electron chi connectivity index (χ0n) is 17.3. The number of fused-ring (bicyclic) bond motifs is 3. The Morgan fingerprint density at radius 1 is 0.839 bits per heavy atom. The van der Waals surface area contributed by atoms with Crippen molar-refractivity contribution < 1.29 is 29.7 Å². The topological polar surface area (TPSA) is 8.81 Å². The van der Waals surface area contributed by atoms with Gasteiger partial charge in [0.05, 0.1) is 13.6 Å². The number of aryl methyl sites for hydroxylation is 2. The second-order valence-corrected chi connectivity index (χ2v) is 10.1. The van der Waals surface area contributed by atoms with Crippen molar-refractivity contribution in [2.45, 2.75) is 38.1 Å². The van der Waals surface area contributed by atoms with Gasteiger partial charge in [-0.2, -0.15) is 0 Å². The van der Waals surface area contributed by atoms with Crippen LogP contribution in [0.2, 0.25) is 0 Å². The number of nitrogens with zero attached hydrogens (tertiary/aromatic N) is 2. The number of rotatable bonds is 5. The van der Waals surface area contributed by atoms with Crippen LogP contribution < -0.4 is 4.57 Å². The van der Waals surface area contributed by atoms with Gasteiger partial charge in [0.25, 0.3) is 0 Å². The third kappa shape index (κ3) is 6.57. The molecule has 9 heteroatoms. The van der Waals surface area contributed by atoms with Crippen molar-refractivity contribution in [2.24, 2.45) is 7.05 Å². The normalized spacial score (nSPS) is 16.4. The first kappa shape index (κ1) is 23.3. The summed E-state index contributed by atoms with van der Waals surface area (Å²) in [4.78, 5) is 0. The SMILES string of the molecule is C[n+]1ccn(CCCCC2(C)c3ccccc3-c3ccccc32)c1.F[P-](F)(F)(F)(F)F. The molecule has 3 aromatic rings. The van der Waals surface area contributed by atoms with Gasteiger partial charge in [-0.1, -0.05) is 55.5 Å². The van der Waals surface area contributed by atoms with Crippen LogP contribution in [0, 0.1) is 0 Å². The molecule has 0 unspecified atom stereocenters. The maximum atomic E-state index is 9.87. The van der Waals surface area contributed by atoms with Crippen LogP contribution >= 0.6 is 7.81 Å². The first-order valence-corrected chi connectivity index (χ1v) is 11.9. The van der Waals surface area contributed by atoms with Crippen LogP contribution in [-0.2, 0) is 19.0 Å².